The van der Waals surface area contributed by atoms with Crippen molar-refractivity contribution in [2.45, 2.75) is 26.3 Å². The lowest BCUT2D eigenvalue weighted by molar-refractivity contribution is -0.142. The van der Waals surface area contributed by atoms with E-state index in [2.05, 4.69) is 15.3 Å². The van der Waals surface area contributed by atoms with E-state index in [1.807, 2.05) is 13.8 Å². The van der Waals surface area contributed by atoms with E-state index >= 15 is 0 Å². The number of hydrogen-bond donors (Lipinski definition) is 3. The number of urea groups is 1. The Morgan fingerprint density at radius 3 is 2.85 bits per heavy atom. The van der Waals surface area contributed by atoms with Crippen LogP contribution in [0, 0.1) is 11.8 Å². The maximum absolute atomic E-state index is 12.2. The number of imidazole rings is 1. The summed E-state index contributed by atoms with van der Waals surface area (Å²) in [5, 5.41) is 12.0. The Morgan fingerprint density at radius 2 is 2.35 bits per heavy atom. The molecular weight excluding hydrogens is 260 g/mol. The number of nitrogens with one attached hydrogen (secondary N) is 2. The van der Waals surface area contributed by atoms with Gasteiger partial charge >= 0.3 is 12.0 Å². The topological polar surface area (TPSA) is 98.3 Å². The van der Waals surface area contributed by atoms with Gasteiger partial charge < -0.3 is 20.3 Å². The molecule has 2 heterocycles. The van der Waals surface area contributed by atoms with Crippen LogP contribution in [0.25, 0.3) is 0 Å². The fraction of sp³-hybridized carbons (Fsp3) is 0.615. The molecule has 7 nitrogen and oxygen atoms in total. The van der Waals surface area contributed by atoms with Crippen LogP contribution < -0.4 is 5.32 Å². The molecule has 1 saturated heterocycles. The van der Waals surface area contributed by atoms with Crippen molar-refractivity contribution in [1.82, 2.24) is 20.2 Å². The van der Waals surface area contributed by atoms with Crippen molar-refractivity contribution in [3.05, 3.63) is 18.2 Å². The van der Waals surface area contributed by atoms with Gasteiger partial charge in [0, 0.05) is 25.5 Å². The highest BCUT2D eigenvalue weighted by atomic mass is 16.4. The smallest absolute Gasteiger partial charge is 0.318 e. The summed E-state index contributed by atoms with van der Waals surface area (Å²) in [6, 6.07) is -0.416. The number of aromatic nitrogens is 2. The van der Waals surface area contributed by atoms with Crippen LogP contribution in [-0.4, -0.2) is 45.1 Å². The van der Waals surface area contributed by atoms with Crippen LogP contribution in [0.15, 0.2) is 12.4 Å². The van der Waals surface area contributed by atoms with E-state index in [0.29, 0.717) is 18.8 Å². The molecule has 1 aliphatic heterocycles. The minimum absolute atomic E-state index is 0.0260. The zero-order valence-corrected chi connectivity index (χ0v) is 11.7. The van der Waals surface area contributed by atoms with Gasteiger partial charge in [0.25, 0.3) is 0 Å². The highest BCUT2D eigenvalue weighted by Gasteiger charge is 2.37. The molecule has 1 aromatic rings. The van der Waals surface area contributed by atoms with Crippen LogP contribution >= 0.6 is 0 Å². The predicted octanol–water partition coefficient (Wildman–Crippen LogP) is 1.22. The Bertz CT molecular complexity index is 474. The Hall–Kier alpha value is -2.05. The average Bonchev–Trinajstić information content (AvgIpc) is 3.04. The summed E-state index contributed by atoms with van der Waals surface area (Å²) in [7, 11) is 0. The van der Waals surface area contributed by atoms with Crippen LogP contribution in [0.3, 0.4) is 0 Å². The van der Waals surface area contributed by atoms with Gasteiger partial charge in [0.15, 0.2) is 0 Å². The lowest BCUT2D eigenvalue weighted by atomic mass is 9.99. The minimum Gasteiger partial charge on any atom is -0.481 e. The molecule has 3 atom stereocenters. The van der Waals surface area contributed by atoms with Gasteiger partial charge in [-0.25, -0.2) is 9.78 Å². The van der Waals surface area contributed by atoms with Crippen molar-refractivity contribution in [1.29, 1.82) is 0 Å². The molecule has 110 valence electrons. The Kier molecular flexibility index (Phi) is 4.26. The van der Waals surface area contributed by atoms with Crippen molar-refractivity contribution in [3.8, 4) is 0 Å². The first-order chi connectivity index (χ1) is 9.52. The second kappa shape index (κ2) is 5.94. The number of nitrogens with zero attached hydrogens (tertiary/aromatic N) is 2. The first kappa shape index (κ1) is 14.4. The number of hydrogen-bond acceptors (Lipinski definition) is 3. The van der Waals surface area contributed by atoms with E-state index in [4.69, 9.17) is 5.11 Å². The molecule has 0 aliphatic carbocycles. The summed E-state index contributed by atoms with van der Waals surface area (Å²) in [5.41, 5.74) is 0. The number of aromatic amines is 1. The quantitative estimate of drug-likeness (QED) is 0.772. The molecule has 0 aromatic carbocycles. The van der Waals surface area contributed by atoms with Crippen LogP contribution in [0.1, 0.15) is 32.1 Å². The maximum Gasteiger partial charge on any atom is 0.318 e. The van der Waals surface area contributed by atoms with Crippen LogP contribution in [0.2, 0.25) is 0 Å². The van der Waals surface area contributed by atoms with Gasteiger partial charge in [-0.3, -0.25) is 4.79 Å². The fourth-order valence-corrected chi connectivity index (χ4v) is 2.53. The van der Waals surface area contributed by atoms with Gasteiger partial charge in [-0.1, -0.05) is 13.8 Å². The zero-order valence-electron chi connectivity index (χ0n) is 11.7. The number of carbonyl (C=O) groups is 2. The normalized spacial score (nSPS) is 23.6. The predicted molar refractivity (Wildman–Crippen MR) is 72.0 cm³/mol. The Balaban J connectivity index is 1.97. The highest BCUT2D eigenvalue weighted by molar-refractivity contribution is 5.77. The molecule has 2 amide bonds. The first-order valence-electron chi connectivity index (χ1n) is 6.80. The third kappa shape index (κ3) is 2.92. The third-order valence-electron chi connectivity index (χ3n) is 3.77. The largest absolute Gasteiger partial charge is 0.481 e. The number of aliphatic carboxylic acids is 1. The Labute approximate surface area is 117 Å². The number of amides is 2. The third-order valence-corrected chi connectivity index (χ3v) is 3.77. The fourth-order valence-electron chi connectivity index (χ4n) is 2.53. The van der Waals surface area contributed by atoms with Gasteiger partial charge in [0.1, 0.15) is 5.82 Å². The average molecular weight is 280 g/mol. The molecule has 0 radical (unpaired) electrons. The summed E-state index contributed by atoms with van der Waals surface area (Å²) in [6.45, 7) is 4.55. The standard InChI is InChI=1S/C13H20N4O3/c1-3-10(11-14-4-5-15-11)16-13(20)17-6-8(2)9(7-17)12(18)19/h4-5,8-10H,3,6-7H2,1-2H3,(H,14,15)(H,16,20)(H,18,19)/t8-,9-,10?/m1/s1. The number of rotatable bonds is 4. The van der Waals surface area contributed by atoms with Crippen molar-refractivity contribution >= 4 is 12.0 Å². The van der Waals surface area contributed by atoms with E-state index < -0.39 is 11.9 Å². The van der Waals surface area contributed by atoms with Gasteiger partial charge in [0.2, 0.25) is 0 Å². The zero-order chi connectivity index (χ0) is 14.7. The minimum atomic E-state index is -0.842. The SMILES string of the molecule is CCC(NC(=O)N1C[C@@H](C)[C@H](C(=O)O)C1)c1ncc[nH]1. The van der Waals surface area contributed by atoms with Crippen molar-refractivity contribution < 1.29 is 14.7 Å². The van der Waals surface area contributed by atoms with E-state index in [1.165, 1.54) is 0 Å². The monoisotopic (exact) mass is 280 g/mol. The van der Waals surface area contributed by atoms with Gasteiger partial charge in [0.05, 0.1) is 12.0 Å². The Morgan fingerprint density at radius 1 is 1.60 bits per heavy atom. The number of carboxylic acid groups (broad SMARTS) is 1. The molecule has 0 spiro atoms. The van der Waals surface area contributed by atoms with E-state index in [-0.39, 0.29) is 24.5 Å². The van der Waals surface area contributed by atoms with Crippen molar-refractivity contribution in [3.63, 3.8) is 0 Å². The molecule has 0 bridgehead atoms. The van der Waals surface area contributed by atoms with Gasteiger partial charge in [-0.15, -0.1) is 0 Å². The van der Waals surface area contributed by atoms with E-state index in [9.17, 15) is 9.59 Å². The molecule has 3 N–H and O–H groups in total. The number of likely N-dealkylation sites (tertiary alicyclic amines) is 1. The number of carboxylic acids is 1. The summed E-state index contributed by atoms with van der Waals surface area (Å²) in [6.07, 6.45) is 4.07. The van der Waals surface area contributed by atoms with Crippen molar-refractivity contribution in [2.75, 3.05) is 13.1 Å². The molecule has 20 heavy (non-hydrogen) atoms. The molecule has 1 fully saturated rings. The molecule has 1 aliphatic rings. The van der Waals surface area contributed by atoms with E-state index in [0.717, 1.165) is 0 Å². The molecule has 1 unspecified atom stereocenters. The second-order valence-corrected chi connectivity index (χ2v) is 5.21. The summed E-state index contributed by atoms with van der Waals surface area (Å²) < 4.78 is 0. The summed E-state index contributed by atoms with van der Waals surface area (Å²) in [5.74, 6) is -0.639. The van der Waals surface area contributed by atoms with Crippen molar-refractivity contribution in [2.24, 2.45) is 11.8 Å². The van der Waals surface area contributed by atoms with Crippen LogP contribution in [0.5, 0.6) is 0 Å². The highest BCUT2D eigenvalue weighted by Crippen LogP contribution is 2.23. The second-order valence-electron chi connectivity index (χ2n) is 5.21. The van der Waals surface area contributed by atoms with Crippen LogP contribution in [0.4, 0.5) is 4.79 Å². The molecular formula is C13H20N4O3. The number of H-pyrrole nitrogens is 1. The molecule has 1 aromatic heterocycles. The van der Waals surface area contributed by atoms with Gasteiger partial charge in [-0.2, -0.15) is 0 Å². The molecule has 2 rings (SSSR count). The van der Waals surface area contributed by atoms with Crippen LogP contribution in [-0.2, 0) is 4.79 Å². The maximum atomic E-state index is 12.2. The van der Waals surface area contributed by atoms with Gasteiger partial charge in [-0.05, 0) is 12.3 Å². The lowest BCUT2D eigenvalue weighted by Crippen LogP contribution is -2.41. The van der Waals surface area contributed by atoms with E-state index in [1.54, 1.807) is 17.3 Å². The first-order valence-corrected chi connectivity index (χ1v) is 6.80. The molecule has 0 saturated carbocycles. The lowest BCUT2D eigenvalue weighted by Gasteiger charge is -2.21. The summed E-state index contributed by atoms with van der Waals surface area (Å²) >= 11 is 0. The number of carbonyl (C=O) groups excluding carboxylic acids is 1. The summed E-state index contributed by atoms with van der Waals surface area (Å²) in [4.78, 5) is 32.0. The molecule has 7 heteroatoms.